The van der Waals surface area contributed by atoms with Crippen molar-refractivity contribution in [3.05, 3.63) is 57.8 Å². The van der Waals surface area contributed by atoms with Crippen molar-refractivity contribution in [2.45, 2.75) is 26.7 Å². The van der Waals surface area contributed by atoms with E-state index < -0.39 is 5.63 Å². The fourth-order valence-electron chi connectivity index (χ4n) is 2.68. The van der Waals surface area contributed by atoms with Crippen LogP contribution in [-0.4, -0.2) is 17.6 Å². The number of rotatable bonds is 3. The molecule has 5 heteroatoms. The third-order valence-electron chi connectivity index (χ3n) is 3.84. The van der Waals surface area contributed by atoms with Gasteiger partial charge in [0.25, 0.3) is 0 Å². The summed E-state index contributed by atoms with van der Waals surface area (Å²) < 4.78 is 10.4. The van der Waals surface area contributed by atoms with Gasteiger partial charge in [-0.15, -0.1) is 0 Å². The Morgan fingerprint density at radius 2 is 2.09 bits per heavy atom. The van der Waals surface area contributed by atoms with E-state index in [0.717, 1.165) is 11.1 Å². The lowest BCUT2D eigenvalue weighted by Gasteiger charge is -2.16. The van der Waals surface area contributed by atoms with Crippen molar-refractivity contribution in [1.29, 1.82) is 0 Å². The fourth-order valence-corrected chi connectivity index (χ4v) is 2.68. The van der Waals surface area contributed by atoms with Crippen LogP contribution in [0, 0.1) is 0 Å². The molecule has 0 amide bonds. The predicted molar refractivity (Wildman–Crippen MR) is 86.8 cm³/mol. The quantitative estimate of drug-likeness (QED) is 0.814. The van der Waals surface area contributed by atoms with Crippen LogP contribution >= 0.6 is 0 Å². The number of nitrogens with zero attached hydrogens (tertiary/aromatic N) is 1. The van der Waals surface area contributed by atoms with Gasteiger partial charge in [0.2, 0.25) is 5.89 Å². The van der Waals surface area contributed by atoms with Crippen molar-refractivity contribution >= 4 is 22.4 Å². The van der Waals surface area contributed by atoms with E-state index >= 15 is 0 Å². The van der Waals surface area contributed by atoms with Crippen molar-refractivity contribution in [3.63, 3.8) is 0 Å². The van der Waals surface area contributed by atoms with E-state index in [1.54, 1.807) is 25.1 Å². The third-order valence-corrected chi connectivity index (χ3v) is 3.84. The summed E-state index contributed by atoms with van der Waals surface area (Å²) in [5.41, 5.74) is 2.52. The lowest BCUT2D eigenvalue weighted by molar-refractivity contribution is -0.138. The summed E-state index contributed by atoms with van der Waals surface area (Å²) in [5, 5.41) is 0.465. The summed E-state index contributed by atoms with van der Waals surface area (Å²) in [7, 11) is 0. The molecule has 0 N–H and O–H groups in total. The molecule has 0 saturated carbocycles. The molecular weight excluding hydrogens is 294 g/mol. The van der Waals surface area contributed by atoms with Crippen LogP contribution in [0.15, 0.2) is 50.7 Å². The number of hydrogen-bond acceptors (Lipinski definition) is 5. The minimum Gasteiger partial charge on any atom is -0.463 e. The van der Waals surface area contributed by atoms with Gasteiger partial charge in [-0.25, -0.2) is 14.6 Å². The van der Waals surface area contributed by atoms with Gasteiger partial charge in [0.1, 0.15) is 0 Å². The molecule has 1 aromatic heterocycles. The summed E-state index contributed by atoms with van der Waals surface area (Å²) >= 11 is 0. The molecule has 5 nitrogen and oxygen atoms in total. The summed E-state index contributed by atoms with van der Waals surface area (Å²) in [4.78, 5) is 28.4. The van der Waals surface area contributed by atoms with Crippen LogP contribution in [0.2, 0.25) is 0 Å². The minimum atomic E-state index is -0.399. The third kappa shape index (κ3) is 2.95. The molecule has 0 aliphatic heterocycles. The Balaban J connectivity index is 2.02. The van der Waals surface area contributed by atoms with Gasteiger partial charge in [-0.1, -0.05) is 18.2 Å². The number of benzene rings is 1. The molecule has 0 fully saturated rings. The SMILES string of the molecule is CCOC(=O)C1=C(C)C=C(c2nc3ccccc3c(=O)o2)CC1. The molecule has 0 radical (unpaired) electrons. The topological polar surface area (TPSA) is 69.4 Å². The number of ether oxygens (including phenoxy) is 1. The maximum Gasteiger partial charge on any atom is 0.347 e. The Bertz CT molecular complexity index is 889. The van der Waals surface area contributed by atoms with Crippen molar-refractivity contribution in [1.82, 2.24) is 4.98 Å². The molecule has 0 atom stereocenters. The molecular formula is C18H17NO4. The molecule has 1 aromatic carbocycles. The standard InChI is InChI=1S/C18H17NO4/c1-3-22-17(20)13-9-8-12(10-11(13)2)16-19-15-7-5-4-6-14(15)18(21)23-16/h4-7,10H,3,8-9H2,1-2H3. The second kappa shape index (κ2) is 6.20. The van der Waals surface area contributed by atoms with Gasteiger partial charge < -0.3 is 9.15 Å². The van der Waals surface area contributed by atoms with Gasteiger partial charge in [-0.3, -0.25) is 0 Å². The van der Waals surface area contributed by atoms with Crippen LogP contribution in [0.5, 0.6) is 0 Å². The molecule has 0 saturated heterocycles. The largest absolute Gasteiger partial charge is 0.463 e. The van der Waals surface area contributed by atoms with Gasteiger partial charge in [0, 0.05) is 11.1 Å². The van der Waals surface area contributed by atoms with Crippen molar-refractivity contribution in [2.24, 2.45) is 0 Å². The Hall–Kier alpha value is -2.69. The first-order valence-electron chi connectivity index (χ1n) is 7.58. The maximum atomic E-state index is 12.1. The van der Waals surface area contributed by atoms with Crippen LogP contribution in [0.4, 0.5) is 0 Å². The smallest absolute Gasteiger partial charge is 0.347 e. The van der Waals surface area contributed by atoms with E-state index in [4.69, 9.17) is 9.15 Å². The summed E-state index contributed by atoms with van der Waals surface area (Å²) in [6.07, 6.45) is 2.98. The molecule has 1 heterocycles. The molecule has 0 unspecified atom stereocenters. The second-order valence-electron chi connectivity index (χ2n) is 5.38. The Morgan fingerprint density at radius 3 is 2.83 bits per heavy atom. The Kier molecular flexibility index (Phi) is 4.10. The molecule has 23 heavy (non-hydrogen) atoms. The number of aromatic nitrogens is 1. The number of carbonyl (C=O) groups excluding carboxylic acids is 1. The lowest BCUT2D eigenvalue weighted by atomic mass is 9.93. The summed E-state index contributed by atoms with van der Waals surface area (Å²) in [5.74, 6) is 0.0317. The van der Waals surface area contributed by atoms with E-state index in [1.807, 2.05) is 19.1 Å². The highest BCUT2D eigenvalue weighted by Gasteiger charge is 2.21. The molecule has 2 aromatic rings. The van der Waals surface area contributed by atoms with Crippen LogP contribution in [0.1, 0.15) is 32.6 Å². The number of hydrogen-bond donors (Lipinski definition) is 0. The van der Waals surface area contributed by atoms with Crippen LogP contribution in [0.3, 0.4) is 0 Å². The van der Waals surface area contributed by atoms with Gasteiger partial charge >= 0.3 is 11.6 Å². The molecule has 0 spiro atoms. The predicted octanol–water partition coefficient (Wildman–Crippen LogP) is 3.24. The molecule has 0 bridgehead atoms. The highest BCUT2D eigenvalue weighted by molar-refractivity contribution is 5.91. The first-order chi connectivity index (χ1) is 11.1. The maximum absolute atomic E-state index is 12.1. The molecule has 3 rings (SSSR count). The number of carbonyl (C=O) groups is 1. The summed E-state index contributed by atoms with van der Waals surface area (Å²) in [6.45, 7) is 3.99. The van der Waals surface area contributed by atoms with E-state index in [9.17, 15) is 9.59 Å². The second-order valence-corrected chi connectivity index (χ2v) is 5.38. The highest BCUT2D eigenvalue weighted by atomic mass is 16.5. The van der Waals surface area contributed by atoms with E-state index in [1.165, 1.54) is 0 Å². The van der Waals surface area contributed by atoms with E-state index in [0.29, 0.717) is 41.8 Å². The first-order valence-corrected chi connectivity index (χ1v) is 7.58. The van der Waals surface area contributed by atoms with Gasteiger partial charge in [0.05, 0.1) is 17.5 Å². The Labute approximate surface area is 133 Å². The zero-order valence-electron chi connectivity index (χ0n) is 13.1. The van der Waals surface area contributed by atoms with Crippen LogP contribution in [-0.2, 0) is 9.53 Å². The van der Waals surface area contributed by atoms with Gasteiger partial charge in [-0.2, -0.15) is 0 Å². The average molecular weight is 311 g/mol. The lowest BCUT2D eigenvalue weighted by Crippen LogP contribution is -2.13. The van der Waals surface area contributed by atoms with Crippen molar-refractivity contribution in [3.8, 4) is 0 Å². The number of para-hydroxylation sites is 1. The normalized spacial score (nSPS) is 14.8. The number of allylic oxidation sites excluding steroid dienone is 3. The molecule has 118 valence electrons. The van der Waals surface area contributed by atoms with Gasteiger partial charge in [-0.05, 0) is 44.4 Å². The van der Waals surface area contributed by atoms with Crippen molar-refractivity contribution < 1.29 is 13.9 Å². The zero-order chi connectivity index (χ0) is 16.4. The van der Waals surface area contributed by atoms with Crippen LogP contribution in [0.25, 0.3) is 16.5 Å². The van der Waals surface area contributed by atoms with Crippen molar-refractivity contribution in [2.75, 3.05) is 6.61 Å². The number of esters is 1. The number of fused-ring (bicyclic) bond motifs is 1. The van der Waals surface area contributed by atoms with E-state index in [-0.39, 0.29) is 5.97 Å². The molecule has 1 aliphatic carbocycles. The zero-order valence-corrected chi connectivity index (χ0v) is 13.1. The average Bonchev–Trinajstić information content (AvgIpc) is 2.55. The fraction of sp³-hybridized carbons (Fsp3) is 0.278. The van der Waals surface area contributed by atoms with E-state index in [2.05, 4.69) is 4.98 Å². The van der Waals surface area contributed by atoms with Crippen LogP contribution < -0.4 is 5.63 Å². The monoisotopic (exact) mass is 311 g/mol. The highest BCUT2D eigenvalue weighted by Crippen LogP contribution is 2.30. The van der Waals surface area contributed by atoms with Gasteiger partial charge in [0.15, 0.2) is 0 Å². The first kappa shape index (κ1) is 15.2. The molecule has 1 aliphatic rings. The Morgan fingerprint density at radius 1 is 1.30 bits per heavy atom. The summed E-state index contributed by atoms with van der Waals surface area (Å²) in [6, 6.07) is 7.08. The minimum absolute atomic E-state index is 0.284.